The summed E-state index contributed by atoms with van der Waals surface area (Å²) in [4.78, 5) is 40.5. The Hall–Kier alpha value is -2.64. The number of carbonyl (C=O) groups is 4. The fourth-order valence-electron chi connectivity index (χ4n) is 0.642. The van der Waals surface area contributed by atoms with Crippen LogP contribution in [0.4, 0.5) is 0 Å². The molecule has 112 valence electrons. The van der Waals surface area contributed by atoms with Crippen LogP contribution in [0, 0.1) is 0 Å². The van der Waals surface area contributed by atoms with Crippen LogP contribution in [-0.2, 0) is 19.2 Å². The van der Waals surface area contributed by atoms with E-state index < -0.39 is 23.9 Å². The number of carboxylic acid groups (broad SMARTS) is 4. The number of aliphatic carboxylic acids is 4. The Morgan fingerprint density at radius 1 is 0.450 bits per heavy atom. The van der Waals surface area contributed by atoms with Gasteiger partial charge in [0.05, 0.1) is 0 Å². The summed E-state index contributed by atoms with van der Waals surface area (Å²) in [6, 6.07) is 0. The van der Waals surface area contributed by atoms with Gasteiger partial charge in [0.15, 0.2) is 0 Å². The van der Waals surface area contributed by atoms with Gasteiger partial charge in [-0.25, -0.2) is 19.2 Å². The maximum atomic E-state index is 10.1. The van der Waals surface area contributed by atoms with Crippen molar-refractivity contribution in [1.82, 2.24) is 0 Å². The second-order valence-corrected chi connectivity index (χ2v) is 3.72. The lowest BCUT2D eigenvalue weighted by Crippen LogP contribution is -2.06. The van der Waals surface area contributed by atoms with Crippen LogP contribution in [0.15, 0.2) is 22.3 Å². The van der Waals surface area contributed by atoms with Crippen LogP contribution in [0.1, 0.15) is 27.7 Å². The van der Waals surface area contributed by atoms with E-state index in [0.29, 0.717) is 0 Å². The molecule has 0 unspecified atom stereocenters. The van der Waals surface area contributed by atoms with Crippen LogP contribution < -0.4 is 0 Å². The molecule has 0 fully saturated rings. The summed E-state index contributed by atoms with van der Waals surface area (Å²) in [7, 11) is 0. The molecule has 0 heterocycles. The van der Waals surface area contributed by atoms with Crippen LogP contribution in [0.2, 0.25) is 0 Å². The van der Waals surface area contributed by atoms with Gasteiger partial charge >= 0.3 is 23.9 Å². The van der Waals surface area contributed by atoms with Gasteiger partial charge in [-0.05, 0) is 27.7 Å². The topological polar surface area (TPSA) is 149 Å². The quantitative estimate of drug-likeness (QED) is 0.559. The minimum atomic E-state index is -1.19. The lowest BCUT2D eigenvalue weighted by molar-refractivity contribution is -0.135. The third-order valence-corrected chi connectivity index (χ3v) is 2.41. The smallest absolute Gasteiger partial charge is 0.331 e. The first-order valence-electron chi connectivity index (χ1n) is 5.21. The van der Waals surface area contributed by atoms with Crippen molar-refractivity contribution < 1.29 is 39.6 Å². The fraction of sp³-hybridized carbons (Fsp3) is 0.333. The molecule has 20 heavy (non-hydrogen) atoms. The second kappa shape index (κ2) is 8.46. The van der Waals surface area contributed by atoms with Gasteiger partial charge in [-0.15, -0.1) is 0 Å². The Balaban J connectivity index is 0. The fourth-order valence-corrected chi connectivity index (χ4v) is 0.642. The largest absolute Gasteiger partial charge is 0.478 e. The predicted octanol–water partition coefficient (Wildman–Crippen LogP) is 0.984. The van der Waals surface area contributed by atoms with Crippen molar-refractivity contribution in [3.05, 3.63) is 22.3 Å². The lowest BCUT2D eigenvalue weighted by Gasteiger charge is -1.95. The Morgan fingerprint density at radius 3 is 0.600 bits per heavy atom. The molecule has 8 heteroatoms. The predicted molar refractivity (Wildman–Crippen MR) is 67.3 cm³/mol. The summed E-state index contributed by atoms with van der Waals surface area (Å²) >= 11 is 0. The van der Waals surface area contributed by atoms with Gasteiger partial charge in [0.1, 0.15) is 0 Å². The molecular formula is C12H16O8. The normalized spacial score (nSPS) is 12.2. The molecule has 0 aromatic heterocycles. The van der Waals surface area contributed by atoms with Crippen molar-refractivity contribution in [2.45, 2.75) is 27.7 Å². The van der Waals surface area contributed by atoms with E-state index in [0.717, 1.165) is 0 Å². The van der Waals surface area contributed by atoms with E-state index in [2.05, 4.69) is 0 Å². The first-order chi connectivity index (χ1) is 8.93. The van der Waals surface area contributed by atoms with Crippen molar-refractivity contribution in [2.24, 2.45) is 0 Å². The second-order valence-electron chi connectivity index (χ2n) is 3.72. The molecular weight excluding hydrogens is 272 g/mol. The summed E-state index contributed by atoms with van der Waals surface area (Å²) < 4.78 is 0. The average molecular weight is 288 g/mol. The minimum absolute atomic E-state index is 0.132. The molecule has 0 spiro atoms. The van der Waals surface area contributed by atoms with Gasteiger partial charge in [0.2, 0.25) is 0 Å². The first kappa shape index (κ1) is 19.7. The maximum absolute atomic E-state index is 10.1. The third-order valence-electron chi connectivity index (χ3n) is 2.41. The Morgan fingerprint density at radius 2 is 0.550 bits per heavy atom. The zero-order chi connectivity index (χ0) is 16.6. The number of carboxylic acids is 4. The molecule has 0 aliphatic rings. The summed E-state index contributed by atoms with van der Waals surface area (Å²) in [6.45, 7) is 5.02. The Kier molecular flexibility index (Phi) is 8.33. The van der Waals surface area contributed by atoms with E-state index in [1.807, 2.05) is 0 Å². The molecule has 0 radical (unpaired) electrons. The van der Waals surface area contributed by atoms with E-state index >= 15 is 0 Å². The van der Waals surface area contributed by atoms with Crippen molar-refractivity contribution in [3.8, 4) is 0 Å². The molecule has 0 aromatic rings. The minimum Gasteiger partial charge on any atom is -0.478 e. The third kappa shape index (κ3) is 6.94. The highest BCUT2D eigenvalue weighted by Gasteiger charge is 2.10. The van der Waals surface area contributed by atoms with Gasteiger partial charge < -0.3 is 20.4 Å². The van der Waals surface area contributed by atoms with Crippen LogP contribution >= 0.6 is 0 Å². The molecule has 0 saturated heterocycles. The average Bonchev–Trinajstić information content (AvgIpc) is 2.35. The van der Waals surface area contributed by atoms with Gasteiger partial charge in [0.25, 0.3) is 0 Å². The summed E-state index contributed by atoms with van der Waals surface area (Å²) in [6.07, 6.45) is 0. The zero-order valence-electron chi connectivity index (χ0n) is 11.4. The molecule has 0 aromatic carbocycles. The lowest BCUT2D eigenvalue weighted by atomic mass is 10.1. The van der Waals surface area contributed by atoms with Gasteiger partial charge in [-0.3, -0.25) is 0 Å². The number of rotatable bonds is 4. The van der Waals surface area contributed by atoms with Crippen molar-refractivity contribution >= 4 is 23.9 Å². The van der Waals surface area contributed by atoms with Crippen LogP contribution in [0.3, 0.4) is 0 Å². The molecule has 0 atom stereocenters. The van der Waals surface area contributed by atoms with Gasteiger partial charge in [-0.1, -0.05) is 0 Å². The zero-order valence-corrected chi connectivity index (χ0v) is 11.4. The van der Waals surface area contributed by atoms with Crippen molar-refractivity contribution in [3.63, 3.8) is 0 Å². The highest BCUT2D eigenvalue weighted by molar-refractivity contribution is 5.98. The van der Waals surface area contributed by atoms with Crippen LogP contribution in [0.25, 0.3) is 0 Å². The summed E-state index contributed by atoms with van der Waals surface area (Å²) in [5.74, 6) is -4.78. The van der Waals surface area contributed by atoms with Crippen molar-refractivity contribution in [1.29, 1.82) is 0 Å². The van der Waals surface area contributed by atoms with Crippen LogP contribution in [0.5, 0.6) is 0 Å². The van der Waals surface area contributed by atoms with E-state index in [1.54, 1.807) is 0 Å². The highest BCUT2D eigenvalue weighted by atomic mass is 16.4. The molecule has 0 bridgehead atoms. The van der Waals surface area contributed by atoms with Gasteiger partial charge in [-0.2, -0.15) is 0 Å². The van der Waals surface area contributed by atoms with E-state index in [1.165, 1.54) is 27.7 Å². The van der Waals surface area contributed by atoms with Gasteiger partial charge in [0, 0.05) is 22.3 Å². The number of hydrogen-bond acceptors (Lipinski definition) is 4. The van der Waals surface area contributed by atoms with Crippen LogP contribution in [-0.4, -0.2) is 44.3 Å². The Labute approximate surface area is 114 Å². The summed E-state index contributed by atoms with van der Waals surface area (Å²) in [5, 5.41) is 33.1. The SMILES string of the molecule is C/C(C(=O)O)=C(\C)C(=O)O.C/C(C(=O)O)=C(\C)C(=O)O. The van der Waals surface area contributed by atoms with Crippen molar-refractivity contribution in [2.75, 3.05) is 0 Å². The summed E-state index contributed by atoms with van der Waals surface area (Å²) in [5.41, 5.74) is -0.528. The van der Waals surface area contributed by atoms with E-state index in [-0.39, 0.29) is 22.3 Å². The molecule has 0 aliphatic heterocycles. The maximum Gasteiger partial charge on any atom is 0.331 e. The standard InChI is InChI=1S/2C6H8O4/c2*1-3(5(7)8)4(2)6(9)10/h2*1-2H3,(H,7,8)(H,9,10)/b2*4-3-. The Bertz CT molecular complexity index is 406. The number of hydrogen-bond donors (Lipinski definition) is 4. The molecule has 8 nitrogen and oxygen atoms in total. The monoisotopic (exact) mass is 288 g/mol. The molecule has 4 N–H and O–H groups in total. The van der Waals surface area contributed by atoms with E-state index in [9.17, 15) is 19.2 Å². The molecule has 0 aliphatic carbocycles. The molecule has 0 saturated carbocycles. The molecule has 0 rings (SSSR count). The van der Waals surface area contributed by atoms with E-state index in [4.69, 9.17) is 20.4 Å². The molecule has 0 amide bonds. The highest BCUT2D eigenvalue weighted by Crippen LogP contribution is 2.02. The first-order valence-corrected chi connectivity index (χ1v) is 5.21.